The number of carbonyl (C=O) groups excluding carboxylic acids is 1. The fourth-order valence-corrected chi connectivity index (χ4v) is 1.10. The largest absolute Gasteiger partial charge is 0.507 e. The number of hydrogen-bond donors (Lipinski definition) is 2. The number of amides is 1. The summed E-state index contributed by atoms with van der Waals surface area (Å²) in [6.45, 7) is 1.26. The zero-order chi connectivity index (χ0) is 11.8. The molecular weight excluding hydrogens is 213 g/mol. The van der Waals surface area contributed by atoms with Crippen molar-refractivity contribution in [3.63, 3.8) is 0 Å². The average molecular weight is 220 g/mol. The number of pyridine rings is 1. The number of halogens is 3. The lowest BCUT2D eigenvalue weighted by atomic mass is 10.1. The number of hydrogen-bond acceptors (Lipinski definition) is 3. The first kappa shape index (κ1) is 11.3. The summed E-state index contributed by atoms with van der Waals surface area (Å²) in [5.41, 5.74) is 2.20. The van der Waals surface area contributed by atoms with Gasteiger partial charge in [-0.3, -0.25) is 4.79 Å². The zero-order valence-corrected chi connectivity index (χ0v) is 7.59. The van der Waals surface area contributed by atoms with Gasteiger partial charge in [0.2, 0.25) is 0 Å². The Bertz CT molecular complexity index is 415. The zero-order valence-electron chi connectivity index (χ0n) is 7.59. The van der Waals surface area contributed by atoms with Gasteiger partial charge in [0.05, 0.1) is 0 Å². The maximum Gasteiger partial charge on any atom is 0.434 e. The Morgan fingerprint density at radius 1 is 1.53 bits per heavy atom. The molecule has 0 saturated carbocycles. The third-order valence-corrected chi connectivity index (χ3v) is 1.64. The van der Waals surface area contributed by atoms with E-state index in [0.29, 0.717) is 0 Å². The van der Waals surface area contributed by atoms with Crippen molar-refractivity contribution < 1.29 is 23.1 Å². The van der Waals surface area contributed by atoms with Crippen LogP contribution in [0.25, 0.3) is 0 Å². The Labute approximate surface area is 82.5 Å². The van der Waals surface area contributed by atoms with Gasteiger partial charge in [-0.2, -0.15) is 13.2 Å². The molecule has 1 aromatic rings. The van der Waals surface area contributed by atoms with Gasteiger partial charge in [-0.05, 0) is 6.92 Å². The summed E-state index contributed by atoms with van der Waals surface area (Å²) in [4.78, 5) is 13.9. The van der Waals surface area contributed by atoms with Crippen molar-refractivity contribution in [2.24, 2.45) is 5.73 Å². The number of aryl methyl sites for hydroxylation is 1. The molecule has 0 fully saturated rings. The number of carbonyl (C=O) groups is 1. The predicted octanol–water partition coefficient (Wildman–Crippen LogP) is 1.21. The number of aromatic nitrogens is 1. The van der Waals surface area contributed by atoms with Crippen LogP contribution in [0.1, 0.15) is 21.7 Å². The van der Waals surface area contributed by atoms with Gasteiger partial charge in [0.15, 0.2) is 5.69 Å². The smallest absolute Gasteiger partial charge is 0.434 e. The van der Waals surface area contributed by atoms with E-state index < -0.39 is 29.1 Å². The molecule has 4 nitrogen and oxygen atoms in total. The number of nitrogens with two attached hydrogens (primary N) is 1. The van der Waals surface area contributed by atoms with Gasteiger partial charge in [0.1, 0.15) is 11.3 Å². The lowest BCUT2D eigenvalue weighted by Gasteiger charge is -2.11. The van der Waals surface area contributed by atoms with Gasteiger partial charge in [0.25, 0.3) is 5.91 Å². The maximum atomic E-state index is 12.4. The molecular formula is C8H7F3N2O2. The fourth-order valence-electron chi connectivity index (χ4n) is 1.10. The van der Waals surface area contributed by atoms with E-state index in [1.165, 1.54) is 6.92 Å². The molecule has 15 heavy (non-hydrogen) atoms. The molecule has 0 radical (unpaired) electrons. The monoisotopic (exact) mass is 220 g/mol. The summed E-state index contributed by atoms with van der Waals surface area (Å²) in [5, 5.41) is 9.17. The van der Waals surface area contributed by atoms with E-state index >= 15 is 0 Å². The van der Waals surface area contributed by atoms with E-state index in [1.807, 2.05) is 0 Å². The van der Waals surface area contributed by atoms with Gasteiger partial charge in [0, 0.05) is 11.8 Å². The van der Waals surface area contributed by atoms with E-state index in [1.54, 1.807) is 0 Å². The molecule has 0 bridgehead atoms. The van der Waals surface area contributed by atoms with Crippen LogP contribution in [0.15, 0.2) is 6.07 Å². The van der Waals surface area contributed by atoms with Crippen LogP contribution < -0.4 is 5.73 Å². The highest BCUT2D eigenvalue weighted by molar-refractivity contribution is 5.96. The molecule has 0 saturated heterocycles. The summed E-state index contributed by atoms with van der Waals surface area (Å²) in [6, 6.07) is 0.940. The number of nitrogens with zero attached hydrogens (tertiary/aromatic N) is 1. The van der Waals surface area contributed by atoms with Crippen molar-refractivity contribution >= 4 is 5.91 Å². The first-order valence-electron chi connectivity index (χ1n) is 3.81. The van der Waals surface area contributed by atoms with Crippen LogP contribution in [0, 0.1) is 6.92 Å². The predicted molar refractivity (Wildman–Crippen MR) is 44.2 cm³/mol. The highest BCUT2D eigenvalue weighted by Crippen LogP contribution is 2.34. The van der Waals surface area contributed by atoms with Gasteiger partial charge in [-0.25, -0.2) is 4.98 Å². The molecule has 1 aromatic heterocycles. The molecule has 0 spiro atoms. The quantitative estimate of drug-likeness (QED) is 0.746. The van der Waals surface area contributed by atoms with Crippen molar-refractivity contribution in [3.8, 4) is 5.75 Å². The van der Waals surface area contributed by atoms with Gasteiger partial charge < -0.3 is 10.8 Å². The highest BCUT2D eigenvalue weighted by atomic mass is 19.4. The van der Waals surface area contributed by atoms with E-state index in [-0.39, 0.29) is 5.69 Å². The Morgan fingerprint density at radius 3 is 2.47 bits per heavy atom. The first-order chi connectivity index (χ1) is 6.73. The number of aromatic hydroxyl groups is 1. The first-order valence-corrected chi connectivity index (χ1v) is 3.81. The van der Waals surface area contributed by atoms with Crippen LogP contribution >= 0.6 is 0 Å². The minimum atomic E-state index is -4.83. The Balaban J connectivity index is 3.54. The number of rotatable bonds is 1. The third-order valence-electron chi connectivity index (χ3n) is 1.64. The molecule has 1 amide bonds. The maximum absolute atomic E-state index is 12.4. The second kappa shape index (κ2) is 3.41. The van der Waals surface area contributed by atoms with Crippen LogP contribution in [0.2, 0.25) is 0 Å². The van der Waals surface area contributed by atoms with E-state index in [2.05, 4.69) is 4.98 Å². The lowest BCUT2D eigenvalue weighted by molar-refractivity contribution is -0.141. The molecule has 7 heteroatoms. The summed E-state index contributed by atoms with van der Waals surface area (Å²) >= 11 is 0. The summed E-state index contributed by atoms with van der Waals surface area (Å²) < 4.78 is 37.2. The minimum Gasteiger partial charge on any atom is -0.507 e. The molecule has 0 atom stereocenters. The second-order valence-electron chi connectivity index (χ2n) is 2.87. The molecule has 3 N–H and O–H groups in total. The Hall–Kier alpha value is -1.79. The van der Waals surface area contributed by atoms with Crippen molar-refractivity contribution in [2.45, 2.75) is 13.1 Å². The molecule has 1 rings (SSSR count). The summed E-state index contributed by atoms with van der Waals surface area (Å²) in [7, 11) is 0. The SMILES string of the molecule is Cc1cc(O)c(C(N)=O)c(C(F)(F)F)n1. The van der Waals surface area contributed by atoms with Crippen LogP contribution in [0.4, 0.5) is 13.2 Å². The minimum absolute atomic E-state index is 0.0511. The van der Waals surface area contributed by atoms with Crippen LogP contribution in [0.5, 0.6) is 5.75 Å². The molecule has 0 unspecified atom stereocenters. The topological polar surface area (TPSA) is 76.2 Å². The highest BCUT2D eigenvalue weighted by Gasteiger charge is 2.38. The van der Waals surface area contributed by atoms with E-state index in [4.69, 9.17) is 10.8 Å². The van der Waals surface area contributed by atoms with Crippen LogP contribution in [0.3, 0.4) is 0 Å². The van der Waals surface area contributed by atoms with Crippen molar-refractivity contribution in [1.82, 2.24) is 4.98 Å². The summed E-state index contributed by atoms with van der Waals surface area (Å²) in [5.74, 6) is -2.19. The normalized spacial score (nSPS) is 11.5. The number of alkyl halides is 3. The molecule has 0 aliphatic rings. The molecule has 0 aliphatic carbocycles. The van der Waals surface area contributed by atoms with Crippen LogP contribution in [-0.2, 0) is 6.18 Å². The van der Waals surface area contributed by atoms with Crippen LogP contribution in [-0.4, -0.2) is 16.0 Å². The second-order valence-corrected chi connectivity index (χ2v) is 2.87. The van der Waals surface area contributed by atoms with Crippen molar-refractivity contribution in [1.29, 1.82) is 0 Å². The standard InChI is InChI=1S/C8H7F3N2O2/c1-3-2-4(14)5(7(12)15)6(13-3)8(9,10)11/h2H,1H3,(H2,12,15)(H,13,14). The third kappa shape index (κ3) is 2.17. The Kier molecular flexibility index (Phi) is 2.57. The lowest BCUT2D eigenvalue weighted by Crippen LogP contribution is -2.21. The number of primary amides is 1. The van der Waals surface area contributed by atoms with Gasteiger partial charge in [-0.15, -0.1) is 0 Å². The van der Waals surface area contributed by atoms with Crippen molar-refractivity contribution in [2.75, 3.05) is 0 Å². The van der Waals surface area contributed by atoms with E-state index in [9.17, 15) is 18.0 Å². The average Bonchev–Trinajstić information content (AvgIpc) is 1.99. The summed E-state index contributed by atoms with van der Waals surface area (Å²) in [6.07, 6.45) is -4.83. The molecule has 0 aromatic carbocycles. The van der Waals surface area contributed by atoms with Gasteiger partial charge >= 0.3 is 6.18 Å². The Morgan fingerprint density at radius 2 is 2.07 bits per heavy atom. The molecule has 1 heterocycles. The fraction of sp³-hybridized carbons (Fsp3) is 0.250. The molecule has 0 aliphatic heterocycles. The van der Waals surface area contributed by atoms with E-state index in [0.717, 1.165) is 6.07 Å². The van der Waals surface area contributed by atoms with Crippen molar-refractivity contribution in [3.05, 3.63) is 23.0 Å². The van der Waals surface area contributed by atoms with Gasteiger partial charge in [-0.1, -0.05) is 0 Å². The molecule has 82 valence electrons.